The van der Waals surface area contributed by atoms with Gasteiger partial charge in [0.25, 0.3) is 0 Å². The zero-order valence-electron chi connectivity index (χ0n) is 9.56. The van der Waals surface area contributed by atoms with Gasteiger partial charge in [0.15, 0.2) is 0 Å². The fraction of sp³-hybridized carbons (Fsp3) is 0.300. The summed E-state index contributed by atoms with van der Waals surface area (Å²) in [4.78, 5) is 22.7. The minimum atomic E-state index is -0.628. The van der Waals surface area contributed by atoms with E-state index in [1.807, 2.05) is 0 Å². The van der Waals surface area contributed by atoms with Crippen molar-refractivity contribution in [2.24, 2.45) is 0 Å². The molecule has 1 aromatic rings. The molecule has 0 radical (unpaired) electrons. The number of hydrogen-bond acceptors (Lipinski definition) is 4. The van der Waals surface area contributed by atoms with Crippen LogP contribution in [0, 0.1) is 10.1 Å². The molecule has 0 saturated heterocycles. The highest BCUT2D eigenvalue weighted by Crippen LogP contribution is 2.38. The van der Waals surface area contributed by atoms with Crippen molar-refractivity contribution in [3.05, 3.63) is 27.3 Å². The summed E-state index contributed by atoms with van der Waals surface area (Å²) in [5, 5.41) is 10.8. The van der Waals surface area contributed by atoms with Crippen LogP contribution in [0.1, 0.15) is 6.92 Å². The van der Waals surface area contributed by atoms with Gasteiger partial charge in [-0.2, -0.15) is 0 Å². The molecular weight excluding hydrogens is 248 g/mol. The van der Waals surface area contributed by atoms with Crippen LogP contribution in [0.3, 0.4) is 0 Å². The number of nitro groups is 1. The molecule has 0 atom stereocenters. The molecule has 1 aromatic carbocycles. The van der Waals surface area contributed by atoms with Crippen molar-refractivity contribution in [2.75, 3.05) is 19.1 Å². The number of methoxy groups -OCH3 is 1. The van der Waals surface area contributed by atoms with Gasteiger partial charge in [0.05, 0.1) is 12.0 Å². The van der Waals surface area contributed by atoms with Crippen LogP contribution in [0.5, 0.6) is 5.75 Å². The highest BCUT2D eigenvalue weighted by Gasteiger charge is 2.24. The van der Waals surface area contributed by atoms with Crippen molar-refractivity contribution in [3.8, 4) is 5.75 Å². The number of benzene rings is 1. The van der Waals surface area contributed by atoms with Gasteiger partial charge in [0, 0.05) is 26.1 Å². The lowest BCUT2D eigenvalue weighted by Gasteiger charge is -2.16. The molecular formula is C10H11ClN2O4. The molecule has 92 valence electrons. The predicted octanol–water partition coefficient (Wildman–Crippen LogP) is 2.24. The van der Waals surface area contributed by atoms with Crippen LogP contribution in [-0.4, -0.2) is 25.0 Å². The standard InChI is InChI=1S/C10H11ClN2O4/c1-6(14)12(2)9-5-7(17-3)4-8(11)10(9)13(15)16/h4-5H,1-3H3. The van der Waals surface area contributed by atoms with E-state index in [-0.39, 0.29) is 22.3 Å². The molecule has 0 aliphatic heterocycles. The van der Waals surface area contributed by atoms with Gasteiger partial charge in [0.2, 0.25) is 5.91 Å². The first-order valence-corrected chi connectivity index (χ1v) is 5.02. The zero-order chi connectivity index (χ0) is 13.2. The van der Waals surface area contributed by atoms with Crippen LogP contribution in [0.25, 0.3) is 0 Å². The lowest BCUT2D eigenvalue weighted by atomic mass is 10.2. The SMILES string of the molecule is COc1cc(Cl)c([N+](=O)[O-])c(N(C)C(C)=O)c1. The maximum absolute atomic E-state index is 11.2. The summed E-state index contributed by atoms with van der Waals surface area (Å²) in [6, 6.07) is 2.72. The molecule has 1 amide bonds. The monoisotopic (exact) mass is 258 g/mol. The van der Waals surface area contributed by atoms with E-state index in [0.717, 1.165) is 4.90 Å². The van der Waals surface area contributed by atoms with Crippen LogP contribution >= 0.6 is 11.6 Å². The molecule has 0 fully saturated rings. The van der Waals surface area contributed by atoms with Crippen LogP contribution < -0.4 is 9.64 Å². The Morgan fingerprint density at radius 3 is 2.53 bits per heavy atom. The van der Waals surface area contributed by atoms with E-state index in [2.05, 4.69) is 0 Å². The van der Waals surface area contributed by atoms with Gasteiger partial charge in [0.1, 0.15) is 16.5 Å². The molecule has 0 heterocycles. The molecule has 6 nitrogen and oxygen atoms in total. The highest BCUT2D eigenvalue weighted by molar-refractivity contribution is 6.33. The van der Waals surface area contributed by atoms with Crippen molar-refractivity contribution in [1.82, 2.24) is 0 Å². The maximum Gasteiger partial charge on any atom is 0.311 e. The molecule has 0 unspecified atom stereocenters. The quantitative estimate of drug-likeness (QED) is 0.616. The van der Waals surface area contributed by atoms with Gasteiger partial charge < -0.3 is 9.64 Å². The molecule has 0 aliphatic carbocycles. The molecule has 7 heteroatoms. The van der Waals surface area contributed by atoms with E-state index in [9.17, 15) is 14.9 Å². The smallest absolute Gasteiger partial charge is 0.311 e. The molecule has 0 bridgehead atoms. The number of nitro benzene ring substituents is 1. The average molecular weight is 259 g/mol. The van der Waals surface area contributed by atoms with E-state index >= 15 is 0 Å². The number of carbonyl (C=O) groups is 1. The van der Waals surface area contributed by atoms with Crippen molar-refractivity contribution in [1.29, 1.82) is 0 Å². The lowest BCUT2D eigenvalue weighted by molar-refractivity contribution is -0.383. The Morgan fingerprint density at radius 1 is 1.53 bits per heavy atom. The third-order valence-corrected chi connectivity index (χ3v) is 2.56. The second-order valence-corrected chi connectivity index (χ2v) is 3.72. The van der Waals surface area contributed by atoms with E-state index in [1.165, 1.54) is 33.2 Å². The first-order valence-electron chi connectivity index (χ1n) is 4.64. The topological polar surface area (TPSA) is 72.7 Å². The summed E-state index contributed by atoms with van der Waals surface area (Å²) >= 11 is 5.80. The number of rotatable bonds is 3. The summed E-state index contributed by atoms with van der Waals surface area (Å²) in [5.74, 6) is 0.0149. The fourth-order valence-corrected chi connectivity index (χ4v) is 1.56. The minimum absolute atomic E-state index is 0.0718. The fourth-order valence-electron chi connectivity index (χ4n) is 1.28. The highest BCUT2D eigenvalue weighted by atomic mass is 35.5. The van der Waals surface area contributed by atoms with Gasteiger partial charge >= 0.3 is 5.69 Å². The van der Waals surface area contributed by atoms with Gasteiger partial charge in [-0.05, 0) is 0 Å². The number of carbonyl (C=O) groups excluding carboxylic acids is 1. The van der Waals surface area contributed by atoms with Gasteiger partial charge in [-0.15, -0.1) is 0 Å². The van der Waals surface area contributed by atoms with Crippen LogP contribution in [-0.2, 0) is 4.79 Å². The summed E-state index contributed by atoms with van der Waals surface area (Å²) < 4.78 is 4.96. The first-order chi connectivity index (χ1) is 7.88. The van der Waals surface area contributed by atoms with Crippen molar-refractivity contribution >= 4 is 28.9 Å². The normalized spacial score (nSPS) is 9.88. The van der Waals surface area contributed by atoms with E-state index in [1.54, 1.807) is 0 Å². The summed E-state index contributed by atoms with van der Waals surface area (Å²) in [6.45, 7) is 1.30. The minimum Gasteiger partial charge on any atom is -0.497 e. The summed E-state index contributed by atoms with van der Waals surface area (Å²) in [6.07, 6.45) is 0. The Kier molecular flexibility index (Phi) is 3.90. The van der Waals surface area contributed by atoms with Crippen molar-refractivity contribution in [2.45, 2.75) is 6.92 Å². The molecule has 0 saturated carbocycles. The number of amides is 1. The predicted molar refractivity (Wildman–Crippen MR) is 63.7 cm³/mol. The van der Waals surface area contributed by atoms with Gasteiger partial charge in [-0.3, -0.25) is 14.9 Å². The van der Waals surface area contributed by atoms with Crippen molar-refractivity contribution in [3.63, 3.8) is 0 Å². The number of nitrogens with zero attached hydrogens (tertiary/aromatic N) is 2. The number of halogens is 1. The third-order valence-electron chi connectivity index (χ3n) is 2.27. The number of hydrogen-bond donors (Lipinski definition) is 0. The van der Waals surface area contributed by atoms with Crippen molar-refractivity contribution < 1.29 is 14.5 Å². The zero-order valence-corrected chi connectivity index (χ0v) is 10.3. The number of ether oxygens (including phenoxy) is 1. The van der Waals surface area contributed by atoms with Gasteiger partial charge in [-0.25, -0.2) is 0 Å². The molecule has 1 rings (SSSR count). The van der Waals surface area contributed by atoms with Crippen LogP contribution in [0.4, 0.5) is 11.4 Å². The lowest BCUT2D eigenvalue weighted by Crippen LogP contribution is -2.23. The molecule has 0 aliphatic rings. The first kappa shape index (κ1) is 13.2. The molecule has 0 spiro atoms. The molecule has 0 N–H and O–H groups in total. The summed E-state index contributed by atoms with van der Waals surface area (Å²) in [5.41, 5.74) is -0.211. The number of anilines is 1. The molecule has 0 aromatic heterocycles. The Balaban J connectivity index is 3.47. The van der Waals surface area contributed by atoms with E-state index in [0.29, 0.717) is 5.75 Å². The van der Waals surface area contributed by atoms with E-state index < -0.39 is 4.92 Å². The van der Waals surface area contributed by atoms with E-state index in [4.69, 9.17) is 16.3 Å². The van der Waals surface area contributed by atoms with Gasteiger partial charge in [-0.1, -0.05) is 11.6 Å². The van der Waals surface area contributed by atoms with Crippen LogP contribution in [0.2, 0.25) is 5.02 Å². The van der Waals surface area contributed by atoms with Crippen LogP contribution in [0.15, 0.2) is 12.1 Å². The second-order valence-electron chi connectivity index (χ2n) is 3.31. The third kappa shape index (κ3) is 2.65. The second kappa shape index (κ2) is 5.01. The maximum atomic E-state index is 11.2. The largest absolute Gasteiger partial charge is 0.497 e. The Hall–Kier alpha value is -1.82. The Bertz CT molecular complexity index is 476. The average Bonchev–Trinajstić information content (AvgIpc) is 2.25. The summed E-state index contributed by atoms with van der Waals surface area (Å²) in [7, 11) is 2.84. The molecule has 17 heavy (non-hydrogen) atoms. The Morgan fingerprint density at radius 2 is 2.12 bits per heavy atom. The Labute approximate surface area is 103 Å².